The van der Waals surface area contributed by atoms with Crippen molar-refractivity contribution in [2.45, 2.75) is 178 Å². The zero-order valence-electron chi connectivity index (χ0n) is 35.5. The molecule has 2 bridgehead atoms. The molecule has 0 aromatic carbocycles. The van der Waals surface area contributed by atoms with E-state index >= 15 is 0 Å². The molecule has 14 nitrogen and oxygen atoms in total. The Balaban J connectivity index is 1.52. The lowest BCUT2D eigenvalue weighted by Gasteiger charge is -2.47. The summed E-state index contributed by atoms with van der Waals surface area (Å²) in [5.41, 5.74) is 0.0521. The van der Waals surface area contributed by atoms with Crippen LogP contribution in [0.25, 0.3) is 0 Å². The van der Waals surface area contributed by atoms with Gasteiger partial charge < -0.3 is 48.6 Å². The number of aliphatic hydroxyl groups is 3. The van der Waals surface area contributed by atoms with Crippen LogP contribution in [0.4, 0.5) is 0 Å². The number of ether oxygens (including phenoxy) is 6. The first kappa shape index (κ1) is 45.8. The molecule has 0 aromatic rings. The topological polar surface area (TPSA) is 191 Å². The zero-order chi connectivity index (χ0) is 42.0. The molecular formula is C43H69NO13. The number of hydrogen-bond acceptors (Lipinski definition) is 13. The maximum atomic E-state index is 14.3. The molecule has 0 unspecified atom stereocenters. The second-order valence-electron chi connectivity index (χ2n) is 18.0. The van der Waals surface area contributed by atoms with Gasteiger partial charge in [0.25, 0.3) is 11.7 Å². The molecule has 1 aliphatic carbocycles. The number of ketones is 2. The van der Waals surface area contributed by atoms with E-state index in [2.05, 4.69) is 0 Å². The van der Waals surface area contributed by atoms with Gasteiger partial charge in [-0.2, -0.15) is 0 Å². The molecule has 57 heavy (non-hydrogen) atoms. The Labute approximate surface area is 338 Å². The molecule has 4 saturated heterocycles. The van der Waals surface area contributed by atoms with Crippen molar-refractivity contribution in [3.63, 3.8) is 0 Å². The van der Waals surface area contributed by atoms with Gasteiger partial charge in [0, 0.05) is 52.0 Å². The Morgan fingerprint density at radius 1 is 0.895 bits per heavy atom. The third-order valence-electron chi connectivity index (χ3n) is 13.8. The van der Waals surface area contributed by atoms with Crippen molar-refractivity contribution in [2.24, 2.45) is 29.6 Å². The zero-order valence-corrected chi connectivity index (χ0v) is 35.5. The lowest BCUT2D eigenvalue weighted by molar-refractivity contribution is -0.302. The van der Waals surface area contributed by atoms with E-state index in [1.807, 2.05) is 33.8 Å². The van der Waals surface area contributed by atoms with Gasteiger partial charge in [0.1, 0.15) is 24.0 Å². The molecule has 4 aliphatic heterocycles. The number of piperidine rings is 1. The molecule has 3 N–H and O–H groups in total. The number of fused-ring (bicyclic) bond motifs is 4. The van der Waals surface area contributed by atoms with Crippen LogP contribution < -0.4 is 0 Å². The predicted octanol–water partition coefficient (Wildman–Crippen LogP) is 3.68. The molecular weight excluding hydrogens is 738 g/mol. The second-order valence-corrected chi connectivity index (χ2v) is 18.0. The van der Waals surface area contributed by atoms with E-state index in [4.69, 9.17) is 28.4 Å². The molecule has 16 atom stereocenters. The first-order chi connectivity index (χ1) is 26.9. The highest BCUT2D eigenvalue weighted by Gasteiger charge is 2.59. The van der Waals surface area contributed by atoms with Gasteiger partial charge >= 0.3 is 5.97 Å². The van der Waals surface area contributed by atoms with E-state index in [1.165, 1.54) is 19.1 Å². The number of hydrogen-bond donors (Lipinski definition) is 3. The summed E-state index contributed by atoms with van der Waals surface area (Å²) in [6.45, 7) is 11.2. The number of amides is 1. The van der Waals surface area contributed by atoms with Crippen LogP contribution in [0, 0.1) is 29.6 Å². The van der Waals surface area contributed by atoms with E-state index in [0.717, 1.165) is 0 Å². The smallest absolute Gasteiger partial charge is 0.329 e. The standard InChI is InChI=1S/C43H69NO13/c1-10-28-32(47)21-31(46)26(5)36(24(3)18-27-14-15-30(45)33(20-27)52-7)55-41(50)29-13-11-12-16-44(29)40(49)38(48)43(51)25(4)19-35(54-9)37(56-43)34(53-8)17-23(2)22-42(6)39(28)57-42/h18,23,25-31,33-37,39,45-46,51H,10-17,19-22H2,1-9H3/b24-18+/t23-,25-,26-,27+,28+,29+,30-,31+,33-,34+,35+,36-,37-,39-,42-,43-/m1/s1. The molecule has 0 aromatic heterocycles. The molecule has 1 saturated carbocycles. The van der Waals surface area contributed by atoms with Gasteiger partial charge in [-0.25, -0.2) is 4.79 Å². The van der Waals surface area contributed by atoms with Gasteiger partial charge in [-0.15, -0.1) is 0 Å². The molecule has 5 fully saturated rings. The quantitative estimate of drug-likeness (QED) is 0.153. The predicted molar refractivity (Wildman–Crippen MR) is 208 cm³/mol. The number of aliphatic hydroxyl groups excluding tert-OH is 2. The Kier molecular flexibility index (Phi) is 15.2. The van der Waals surface area contributed by atoms with Crippen LogP contribution in [0.3, 0.4) is 0 Å². The first-order valence-electron chi connectivity index (χ1n) is 21.2. The number of cyclic esters (lactones) is 1. The summed E-state index contributed by atoms with van der Waals surface area (Å²) >= 11 is 0. The average Bonchev–Trinajstić information content (AvgIpc) is 3.84. The highest BCUT2D eigenvalue weighted by Crippen LogP contribution is 2.48. The summed E-state index contributed by atoms with van der Waals surface area (Å²) in [5.74, 6) is -7.65. The van der Waals surface area contributed by atoms with Crippen LogP contribution >= 0.6 is 0 Å². The van der Waals surface area contributed by atoms with Crippen molar-refractivity contribution in [1.82, 2.24) is 4.90 Å². The van der Waals surface area contributed by atoms with E-state index < -0.39 is 89.5 Å². The van der Waals surface area contributed by atoms with E-state index in [0.29, 0.717) is 56.9 Å². The van der Waals surface area contributed by atoms with Gasteiger partial charge in [-0.05, 0) is 95.5 Å². The number of Topliss-reactive ketones (excluding diaryl/α,β-unsaturated/α-hetero) is 2. The van der Waals surface area contributed by atoms with Gasteiger partial charge in [0.05, 0.1) is 42.2 Å². The number of carbonyl (C=O) groups is 4. The fourth-order valence-corrected chi connectivity index (χ4v) is 10.2. The largest absolute Gasteiger partial charge is 0.456 e. The molecule has 1 amide bonds. The summed E-state index contributed by atoms with van der Waals surface area (Å²) in [5, 5.41) is 34.2. The Hall–Kier alpha value is -2.30. The summed E-state index contributed by atoms with van der Waals surface area (Å²) < 4.78 is 36.1. The highest BCUT2D eigenvalue weighted by atomic mass is 16.7. The summed E-state index contributed by atoms with van der Waals surface area (Å²) in [6.07, 6.45) is 1.14. The van der Waals surface area contributed by atoms with Crippen LogP contribution in [-0.2, 0) is 47.6 Å². The van der Waals surface area contributed by atoms with E-state index in [-0.39, 0.29) is 55.6 Å². The molecule has 5 rings (SSSR count). The van der Waals surface area contributed by atoms with Crippen molar-refractivity contribution in [1.29, 1.82) is 0 Å². The minimum absolute atomic E-state index is 0.00688. The maximum absolute atomic E-state index is 14.3. The highest BCUT2D eigenvalue weighted by molar-refractivity contribution is 6.39. The van der Waals surface area contributed by atoms with Crippen molar-refractivity contribution in [3.05, 3.63) is 11.6 Å². The van der Waals surface area contributed by atoms with E-state index in [1.54, 1.807) is 21.0 Å². The first-order valence-corrected chi connectivity index (χ1v) is 21.2. The van der Waals surface area contributed by atoms with Crippen molar-refractivity contribution >= 4 is 23.4 Å². The summed E-state index contributed by atoms with van der Waals surface area (Å²) in [6, 6.07) is -1.14. The van der Waals surface area contributed by atoms with Crippen molar-refractivity contribution < 1.29 is 62.9 Å². The van der Waals surface area contributed by atoms with Gasteiger partial charge in [-0.1, -0.05) is 33.8 Å². The third kappa shape index (κ3) is 9.85. The van der Waals surface area contributed by atoms with Gasteiger partial charge in [0.15, 0.2) is 0 Å². The van der Waals surface area contributed by atoms with E-state index in [9.17, 15) is 34.5 Å². The molecule has 0 spiro atoms. The van der Waals surface area contributed by atoms with Gasteiger partial charge in [-0.3, -0.25) is 14.4 Å². The van der Waals surface area contributed by atoms with Crippen LogP contribution in [0.2, 0.25) is 0 Å². The van der Waals surface area contributed by atoms with Crippen LogP contribution in [0.15, 0.2) is 11.6 Å². The number of methoxy groups -OCH3 is 3. The number of esters is 1. The number of rotatable bonds is 6. The normalized spacial score (nSPS) is 44.7. The average molecular weight is 808 g/mol. The Bertz CT molecular complexity index is 1470. The summed E-state index contributed by atoms with van der Waals surface area (Å²) in [7, 11) is 4.62. The number of allylic oxidation sites excluding steroid dienone is 1. The van der Waals surface area contributed by atoms with Crippen molar-refractivity contribution in [2.75, 3.05) is 27.9 Å². The minimum atomic E-state index is -2.51. The molecule has 5 aliphatic rings. The minimum Gasteiger partial charge on any atom is -0.456 e. The second kappa shape index (κ2) is 19.0. The fraction of sp³-hybridized carbons (Fsp3) is 0.860. The third-order valence-corrected chi connectivity index (χ3v) is 13.8. The van der Waals surface area contributed by atoms with Crippen molar-refractivity contribution in [3.8, 4) is 0 Å². The Morgan fingerprint density at radius 3 is 2.21 bits per heavy atom. The monoisotopic (exact) mass is 807 g/mol. The molecule has 14 heteroatoms. The Morgan fingerprint density at radius 2 is 1.56 bits per heavy atom. The number of carbonyl (C=O) groups excluding carboxylic acids is 4. The van der Waals surface area contributed by atoms with Gasteiger partial charge in [0.2, 0.25) is 5.79 Å². The van der Waals surface area contributed by atoms with Crippen LogP contribution in [-0.4, -0.2) is 138 Å². The lowest BCUT2D eigenvalue weighted by Crippen LogP contribution is -2.64. The maximum Gasteiger partial charge on any atom is 0.329 e. The van der Waals surface area contributed by atoms with Crippen LogP contribution in [0.5, 0.6) is 0 Å². The SMILES string of the molecule is CC[C@H]1C(=O)C[C@H](O)[C@@H](C)[C@@H](/C(C)=C/[C@@H]2CC[C@@H](O)[C@H](OC)C2)OC(=O)[C@@H]2CCCCN2C(=O)C(=O)[C@]2(O)O[C@H]([C@@H](OC)C[C@@H](C)C[C@@]3(C)O[C@H]13)[C@@H](OC)C[C@H]2C. The molecule has 324 valence electrons. The number of epoxide rings is 1. The molecule has 4 heterocycles. The fourth-order valence-electron chi connectivity index (χ4n) is 10.2. The number of nitrogens with zero attached hydrogens (tertiary/aromatic N) is 1. The van der Waals surface area contributed by atoms with Crippen LogP contribution in [0.1, 0.15) is 112 Å². The lowest BCUT2D eigenvalue weighted by atomic mass is 9.79. The summed E-state index contributed by atoms with van der Waals surface area (Å²) in [4.78, 5) is 58.0. The molecule has 0 radical (unpaired) electrons.